The summed E-state index contributed by atoms with van der Waals surface area (Å²) >= 11 is 0. The van der Waals surface area contributed by atoms with Gasteiger partial charge in [0, 0.05) is 43.3 Å². The minimum atomic E-state index is -0.665. The molecule has 2 aliphatic carbocycles. The van der Waals surface area contributed by atoms with Crippen LogP contribution in [-0.4, -0.2) is 50.3 Å². The van der Waals surface area contributed by atoms with Gasteiger partial charge in [0.1, 0.15) is 5.82 Å². The molecule has 2 saturated carbocycles. The van der Waals surface area contributed by atoms with Crippen LogP contribution in [0.25, 0.3) is 0 Å². The van der Waals surface area contributed by atoms with Gasteiger partial charge in [0.05, 0.1) is 16.5 Å². The summed E-state index contributed by atoms with van der Waals surface area (Å²) in [6, 6.07) is 15.8. The number of benzene rings is 2. The van der Waals surface area contributed by atoms with Crippen LogP contribution in [0.3, 0.4) is 0 Å². The first-order valence-electron chi connectivity index (χ1n) is 16.3. The second-order valence-electron chi connectivity index (χ2n) is 13.3. The van der Waals surface area contributed by atoms with E-state index in [1.165, 1.54) is 11.8 Å². The highest BCUT2D eigenvalue weighted by molar-refractivity contribution is 5.70. The van der Waals surface area contributed by atoms with Crippen molar-refractivity contribution in [3.8, 4) is 0 Å². The number of carboxylic acids is 1. The number of nitro benzene ring substituents is 1. The fourth-order valence-corrected chi connectivity index (χ4v) is 7.89. The molecule has 1 aliphatic heterocycles. The summed E-state index contributed by atoms with van der Waals surface area (Å²) in [5.74, 6) is 0.413. The van der Waals surface area contributed by atoms with Crippen molar-refractivity contribution in [1.82, 2.24) is 14.7 Å². The van der Waals surface area contributed by atoms with Crippen LogP contribution < -0.4 is 0 Å². The van der Waals surface area contributed by atoms with Crippen LogP contribution >= 0.6 is 0 Å². The zero-order valence-corrected chi connectivity index (χ0v) is 25.5. The van der Waals surface area contributed by atoms with Crippen LogP contribution in [-0.2, 0) is 17.8 Å². The number of hydrogen-bond acceptors (Lipinski definition) is 5. The van der Waals surface area contributed by atoms with E-state index in [4.69, 9.17) is 5.10 Å². The second-order valence-corrected chi connectivity index (χ2v) is 13.3. The Hall–Kier alpha value is -3.59. The summed E-state index contributed by atoms with van der Waals surface area (Å²) in [5.41, 5.74) is 4.34. The first-order chi connectivity index (χ1) is 21.3. The maximum absolute atomic E-state index is 14.3. The highest BCUT2D eigenvalue weighted by Gasteiger charge is 2.43. The Morgan fingerprint density at radius 1 is 1.09 bits per heavy atom. The Kier molecular flexibility index (Phi) is 9.12. The number of carboxylic acid groups (broad SMARTS) is 1. The Balaban J connectivity index is 1.11. The van der Waals surface area contributed by atoms with Gasteiger partial charge in [-0.05, 0) is 105 Å². The number of aryl methyl sites for hydroxylation is 1. The summed E-state index contributed by atoms with van der Waals surface area (Å²) in [7, 11) is 0. The van der Waals surface area contributed by atoms with E-state index in [1.807, 2.05) is 6.07 Å². The summed E-state index contributed by atoms with van der Waals surface area (Å²) in [5, 5.41) is 26.0. The molecule has 0 amide bonds. The number of hydrogen-bond donors (Lipinski definition) is 1. The predicted molar refractivity (Wildman–Crippen MR) is 166 cm³/mol. The maximum Gasteiger partial charge on any atom is 0.306 e. The summed E-state index contributed by atoms with van der Waals surface area (Å²) in [6.45, 7) is 5.76. The molecule has 3 aliphatic rings. The van der Waals surface area contributed by atoms with E-state index >= 15 is 0 Å². The van der Waals surface area contributed by atoms with Crippen molar-refractivity contribution in [2.45, 2.75) is 76.7 Å². The molecule has 3 fully saturated rings. The van der Waals surface area contributed by atoms with Gasteiger partial charge in [-0.3, -0.25) is 19.6 Å². The number of piperidine rings is 1. The quantitative estimate of drug-likeness (QED) is 0.176. The number of likely N-dealkylation sites (tertiary alicyclic amines) is 1. The van der Waals surface area contributed by atoms with Gasteiger partial charge < -0.3 is 10.0 Å². The summed E-state index contributed by atoms with van der Waals surface area (Å²) in [6.07, 6.45) is 7.49. The molecule has 8 nitrogen and oxygen atoms in total. The van der Waals surface area contributed by atoms with E-state index in [2.05, 4.69) is 22.6 Å². The zero-order chi connectivity index (χ0) is 30.8. The SMILES string of the molecule is CCn1nc(Cc2ccc([N+](=O)[O-])cc2)cc1C1CCN(CC2CC([C@H](CC3CC3)C(=O)O)CC2c2cccc(F)c2)CC1. The number of aromatic nitrogens is 2. The molecule has 3 unspecified atom stereocenters. The Labute approximate surface area is 258 Å². The number of halogens is 1. The number of carbonyl (C=O) groups is 1. The lowest BCUT2D eigenvalue weighted by Gasteiger charge is -2.35. The average Bonchev–Trinajstić information content (AvgIpc) is 3.61. The molecule has 0 radical (unpaired) electrons. The third-order valence-electron chi connectivity index (χ3n) is 10.4. The molecule has 1 saturated heterocycles. The largest absolute Gasteiger partial charge is 0.481 e. The smallest absolute Gasteiger partial charge is 0.306 e. The van der Waals surface area contributed by atoms with Crippen LogP contribution in [0.5, 0.6) is 0 Å². The molecule has 1 aromatic heterocycles. The number of non-ortho nitro benzene ring substituents is 1. The molecule has 2 heterocycles. The number of nitro groups is 1. The van der Waals surface area contributed by atoms with Crippen molar-refractivity contribution in [1.29, 1.82) is 0 Å². The van der Waals surface area contributed by atoms with E-state index in [9.17, 15) is 24.4 Å². The lowest BCUT2D eigenvalue weighted by Crippen LogP contribution is -2.37. The minimum Gasteiger partial charge on any atom is -0.481 e. The normalized spacial score (nSPS) is 23.5. The molecule has 1 N–H and O–H groups in total. The van der Waals surface area contributed by atoms with Crippen molar-refractivity contribution < 1.29 is 19.2 Å². The van der Waals surface area contributed by atoms with Gasteiger partial charge in [-0.25, -0.2) is 4.39 Å². The van der Waals surface area contributed by atoms with Crippen molar-refractivity contribution in [2.24, 2.45) is 23.7 Å². The first-order valence-corrected chi connectivity index (χ1v) is 16.3. The second kappa shape index (κ2) is 13.2. The van der Waals surface area contributed by atoms with Gasteiger partial charge in [0.25, 0.3) is 5.69 Å². The van der Waals surface area contributed by atoms with E-state index < -0.39 is 5.97 Å². The Morgan fingerprint density at radius 2 is 1.84 bits per heavy atom. The number of nitrogens with zero attached hydrogens (tertiary/aromatic N) is 4. The van der Waals surface area contributed by atoms with Crippen LogP contribution in [0.4, 0.5) is 10.1 Å². The molecule has 6 rings (SSSR count). The van der Waals surface area contributed by atoms with Crippen molar-refractivity contribution in [3.63, 3.8) is 0 Å². The molecule has 44 heavy (non-hydrogen) atoms. The molecular weight excluding hydrogens is 559 g/mol. The van der Waals surface area contributed by atoms with Crippen molar-refractivity contribution in [2.75, 3.05) is 19.6 Å². The third kappa shape index (κ3) is 7.04. The fraction of sp³-hybridized carbons (Fsp3) is 0.543. The third-order valence-corrected chi connectivity index (χ3v) is 10.4. The average molecular weight is 603 g/mol. The van der Waals surface area contributed by atoms with Crippen molar-refractivity contribution >= 4 is 11.7 Å². The standard InChI is InChI=1S/C35H43FN4O4/c1-2-39-34(21-30(37-39)16-23-8-10-31(11-9-23)40(43)44)25-12-14-38(15-13-25)22-28-18-27(33(35(41)42)17-24-6-7-24)20-32(28)26-4-3-5-29(36)19-26/h3-5,8-11,19,21,24-25,27-28,32-33H,2,6-7,12-18,20,22H2,1H3,(H,41,42)/t27?,28?,32?,33-/m0/s1. The Bertz CT molecular complexity index is 1460. The minimum absolute atomic E-state index is 0.0932. The van der Waals surface area contributed by atoms with Crippen LogP contribution in [0.1, 0.15) is 86.2 Å². The lowest BCUT2D eigenvalue weighted by atomic mass is 9.85. The monoisotopic (exact) mass is 602 g/mol. The van der Waals surface area contributed by atoms with E-state index in [0.29, 0.717) is 24.2 Å². The number of rotatable bonds is 12. The van der Waals surface area contributed by atoms with Gasteiger partial charge in [0.15, 0.2) is 0 Å². The van der Waals surface area contributed by atoms with Crippen LogP contribution in [0, 0.1) is 39.6 Å². The van der Waals surface area contributed by atoms with Gasteiger partial charge in [-0.2, -0.15) is 5.10 Å². The van der Waals surface area contributed by atoms with Gasteiger partial charge >= 0.3 is 5.97 Å². The van der Waals surface area contributed by atoms with Crippen LogP contribution in [0.2, 0.25) is 0 Å². The zero-order valence-electron chi connectivity index (χ0n) is 25.5. The predicted octanol–water partition coefficient (Wildman–Crippen LogP) is 7.03. The van der Waals surface area contributed by atoms with Crippen LogP contribution in [0.15, 0.2) is 54.6 Å². The van der Waals surface area contributed by atoms with E-state index in [-0.39, 0.29) is 34.2 Å². The van der Waals surface area contributed by atoms with Gasteiger partial charge in [-0.1, -0.05) is 37.1 Å². The molecular formula is C35H43FN4O4. The molecule has 0 spiro atoms. The molecule has 9 heteroatoms. The van der Waals surface area contributed by atoms with Gasteiger partial charge in [-0.15, -0.1) is 0 Å². The van der Waals surface area contributed by atoms with E-state index in [0.717, 1.165) is 87.9 Å². The highest BCUT2D eigenvalue weighted by Crippen LogP contribution is 2.49. The van der Waals surface area contributed by atoms with Gasteiger partial charge in [0.2, 0.25) is 0 Å². The summed E-state index contributed by atoms with van der Waals surface area (Å²) < 4.78 is 16.4. The number of aliphatic carboxylic acids is 1. The molecule has 0 bridgehead atoms. The Morgan fingerprint density at radius 3 is 2.48 bits per heavy atom. The molecule has 2 aromatic carbocycles. The maximum atomic E-state index is 14.3. The molecule has 234 valence electrons. The molecule has 4 atom stereocenters. The topological polar surface area (TPSA) is 101 Å². The van der Waals surface area contributed by atoms with E-state index in [1.54, 1.807) is 36.4 Å². The van der Waals surface area contributed by atoms with Crippen molar-refractivity contribution in [3.05, 3.63) is 93.0 Å². The fourth-order valence-electron chi connectivity index (χ4n) is 7.89. The first kappa shape index (κ1) is 30.4. The highest BCUT2D eigenvalue weighted by atomic mass is 19.1. The lowest BCUT2D eigenvalue weighted by molar-refractivity contribution is -0.384. The summed E-state index contributed by atoms with van der Waals surface area (Å²) in [4.78, 5) is 25.5. The molecule has 3 aromatic rings.